The second kappa shape index (κ2) is 5.78. The quantitative estimate of drug-likeness (QED) is 0.856. The summed E-state index contributed by atoms with van der Waals surface area (Å²) in [5, 5.41) is 4.91. The maximum atomic E-state index is 4.40. The fourth-order valence-electron chi connectivity index (χ4n) is 3.48. The number of H-pyrrole nitrogens is 1. The van der Waals surface area contributed by atoms with Gasteiger partial charge in [-0.1, -0.05) is 0 Å². The molecular weight excluding hydrogens is 260 g/mol. The second-order valence-corrected chi connectivity index (χ2v) is 6.64. The molecule has 0 amide bonds. The van der Waals surface area contributed by atoms with E-state index in [1.54, 1.807) is 0 Å². The summed E-state index contributed by atoms with van der Waals surface area (Å²) in [5.41, 5.74) is 2.40. The predicted octanol–water partition coefficient (Wildman–Crippen LogP) is 2.53. The normalized spacial score (nSPS) is 22.4. The minimum Gasteiger partial charge on any atom is -0.346 e. The van der Waals surface area contributed by atoms with Gasteiger partial charge in [-0.3, -0.25) is 4.90 Å². The summed E-state index contributed by atoms with van der Waals surface area (Å²) in [6.45, 7) is 4.67. The molecule has 2 fully saturated rings. The number of pyridine rings is 1. The molecule has 2 aromatic rings. The molecule has 0 spiro atoms. The van der Waals surface area contributed by atoms with Crippen LogP contribution in [-0.4, -0.2) is 40.5 Å². The number of aromatic amines is 1. The zero-order chi connectivity index (χ0) is 14.1. The number of aromatic nitrogens is 2. The van der Waals surface area contributed by atoms with Gasteiger partial charge in [0.1, 0.15) is 5.65 Å². The molecule has 3 heterocycles. The first-order chi connectivity index (χ1) is 10.4. The molecule has 4 rings (SSSR count). The third kappa shape index (κ3) is 3.11. The Morgan fingerprint density at radius 1 is 1.24 bits per heavy atom. The van der Waals surface area contributed by atoms with Crippen LogP contribution in [0.15, 0.2) is 24.5 Å². The zero-order valence-electron chi connectivity index (χ0n) is 12.5. The fraction of sp³-hybridized carbons (Fsp3) is 0.588. The van der Waals surface area contributed by atoms with Crippen LogP contribution in [0.4, 0.5) is 0 Å². The van der Waals surface area contributed by atoms with Crippen molar-refractivity contribution in [2.45, 2.75) is 38.3 Å². The van der Waals surface area contributed by atoms with Crippen LogP contribution in [0.2, 0.25) is 0 Å². The van der Waals surface area contributed by atoms with Gasteiger partial charge < -0.3 is 10.3 Å². The van der Waals surface area contributed by atoms with Crippen molar-refractivity contribution in [3.63, 3.8) is 0 Å². The Bertz CT molecular complexity index is 596. The summed E-state index contributed by atoms with van der Waals surface area (Å²) >= 11 is 0. The van der Waals surface area contributed by atoms with E-state index in [2.05, 4.69) is 32.4 Å². The molecule has 0 bridgehead atoms. The highest BCUT2D eigenvalue weighted by atomic mass is 15.2. The molecular formula is C17H24N4. The summed E-state index contributed by atoms with van der Waals surface area (Å²) in [5.74, 6) is 0.940. The van der Waals surface area contributed by atoms with E-state index in [1.807, 2.05) is 12.3 Å². The topological polar surface area (TPSA) is 44.0 Å². The van der Waals surface area contributed by atoms with Gasteiger partial charge in [0.25, 0.3) is 0 Å². The van der Waals surface area contributed by atoms with Crippen LogP contribution >= 0.6 is 0 Å². The number of hydrogen-bond acceptors (Lipinski definition) is 3. The highest BCUT2D eigenvalue weighted by molar-refractivity contribution is 5.79. The van der Waals surface area contributed by atoms with Gasteiger partial charge in [0.05, 0.1) is 0 Å². The molecule has 112 valence electrons. The van der Waals surface area contributed by atoms with Crippen molar-refractivity contribution < 1.29 is 0 Å². The van der Waals surface area contributed by atoms with Crippen molar-refractivity contribution in [2.75, 3.05) is 19.6 Å². The Labute approximate surface area is 125 Å². The third-order valence-corrected chi connectivity index (χ3v) is 4.79. The molecule has 4 heteroatoms. The van der Waals surface area contributed by atoms with Crippen LogP contribution in [0, 0.1) is 5.92 Å². The molecule has 0 radical (unpaired) electrons. The Morgan fingerprint density at radius 3 is 3.00 bits per heavy atom. The van der Waals surface area contributed by atoms with Crippen molar-refractivity contribution in [1.29, 1.82) is 0 Å². The Morgan fingerprint density at radius 2 is 2.19 bits per heavy atom. The van der Waals surface area contributed by atoms with Gasteiger partial charge >= 0.3 is 0 Å². The molecule has 0 aromatic carbocycles. The van der Waals surface area contributed by atoms with Crippen molar-refractivity contribution in [1.82, 2.24) is 20.2 Å². The van der Waals surface area contributed by atoms with E-state index in [9.17, 15) is 0 Å². The summed E-state index contributed by atoms with van der Waals surface area (Å²) in [4.78, 5) is 10.4. The predicted molar refractivity (Wildman–Crippen MR) is 85.1 cm³/mol. The van der Waals surface area contributed by atoms with Gasteiger partial charge in [0.2, 0.25) is 0 Å². The van der Waals surface area contributed by atoms with E-state index in [4.69, 9.17) is 0 Å². The van der Waals surface area contributed by atoms with Crippen LogP contribution in [0.3, 0.4) is 0 Å². The molecule has 1 saturated carbocycles. The van der Waals surface area contributed by atoms with Gasteiger partial charge in [-0.25, -0.2) is 4.98 Å². The number of fused-ring (bicyclic) bond motifs is 1. The van der Waals surface area contributed by atoms with Crippen LogP contribution in [0.1, 0.15) is 31.2 Å². The number of nitrogens with zero attached hydrogens (tertiary/aromatic N) is 2. The molecule has 1 aliphatic carbocycles. The number of hydrogen-bond donors (Lipinski definition) is 2. The Balaban J connectivity index is 1.49. The summed E-state index contributed by atoms with van der Waals surface area (Å²) in [6.07, 6.45) is 9.50. The van der Waals surface area contributed by atoms with Crippen molar-refractivity contribution in [2.24, 2.45) is 5.92 Å². The molecule has 1 saturated heterocycles. The van der Waals surface area contributed by atoms with Crippen LogP contribution in [-0.2, 0) is 6.54 Å². The molecule has 2 N–H and O–H groups in total. The van der Waals surface area contributed by atoms with E-state index in [0.717, 1.165) is 18.1 Å². The van der Waals surface area contributed by atoms with Crippen LogP contribution < -0.4 is 5.32 Å². The lowest BCUT2D eigenvalue weighted by molar-refractivity contribution is 0.232. The molecule has 1 aliphatic heterocycles. The van der Waals surface area contributed by atoms with Crippen LogP contribution in [0.5, 0.6) is 0 Å². The SMILES string of the molecule is c1cnc2[nH]cc(CN(CC3CC3)CC3CCCN3)c2c1. The maximum Gasteiger partial charge on any atom is 0.137 e. The third-order valence-electron chi connectivity index (χ3n) is 4.79. The Hall–Kier alpha value is -1.39. The van der Waals surface area contributed by atoms with Crippen molar-refractivity contribution in [3.05, 3.63) is 30.1 Å². The average Bonchev–Trinajstić information content (AvgIpc) is 3.00. The van der Waals surface area contributed by atoms with Gasteiger partial charge in [-0.05, 0) is 55.8 Å². The highest BCUT2D eigenvalue weighted by Crippen LogP contribution is 2.31. The standard InChI is InChI=1S/C17H24N4/c1-3-15(18-7-1)12-21(10-13-5-6-13)11-14-9-20-17-16(14)4-2-8-19-17/h2,4,8-9,13,15,18H,1,3,5-7,10-12H2,(H,19,20). The smallest absolute Gasteiger partial charge is 0.137 e. The molecule has 2 aliphatic rings. The average molecular weight is 284 g/mol. The fourth-order valence-corrected chi connectivity index (χ4v) is 3.48. The lowest BCUT2D eigenvalue weighted by Crippen LogP contribution is -2.38. The molecule has 4 nitrogen and oxygen atoms in total. The molecule has 1 atom stereocenters. The second-order valence-electron chi connectivity index (χ2n) is 6.64. The summed E-state index contributed by atoms with van der Waals surface area (Å²) in [6, 6.07) is 4.90. The van der Waals surface area contributed by atoms with E-state index in [0.29, 0.717) is 6.04 Å². The van der Waals surface area contributed by atoms with Crippen molar-refractivity contribution in [3.8, 4) is 0 Å². The first-order valence-corrected chi connectivity index (χ1v) is 8.25. The van der Waals surface area contributed by atoms with E-state index in [1.165, 1.54) is 56.3 Å². The highest BCUT2D eigenvalue weighted by Gasteiger charge is 2.26. The van der Waals surface area contributed by atoms with Crippen molar-refractivity contribution >= 4 is 11.0 Å². The lowest BCUT2D eigenvalue weighted by atomic mass is 10.1. The minimum absolute atomic E-state index is 0.687. The summed E-state index contributed by atoms with van der Waals surface area (Å²) < 4.78 is 0. The van der Waals surface area contributed by atoms with Gasteiger partial charge in [0.15, 0.2) is 0 Å². The first-order valence-electron chi connectivity index (χ1n) is 8.25. The van der Waals surface area contributed by atoms with E-state index in [-0.39, 0.29) is 0 Å². The van der Waals surface area contributed by atoms with E-state index < -0.39 is 0 Å². The summed E-state index contributed by atoms with van der Waals surface area (Å²) in [7, 11) is 0. The largest absolute Gasteiger partial charge is 0.346 e. The first kappa shape index (κ1) is 13.3. The van der Waals surface area contributed by atoms with Gasteiger partial charge in [-0.2, -0.15) is 0 Å². The molecule has 21 heavy (non-hydrogen) atoms. The molecule has 2 aromatic heterocycles. The van der Waals surface area contributed by atoms with Gasteiger partial charge in [0, 0.05) is 43.5 Å². The monoisotopic (exact) mass is 284 g/mol. The lowest BCUT2D eigenvalue weighted by Gasteiger charge is -2.25. The van der Waals surface area contributed by atoms with Crippen LogP contribution in [0.25, 0.3) is 11.0 Å². The number of rotatable bonds is 6. The van der Waals surface area contributed by atoms with Gasteiger partial charge in [-0.15, -0.1) is 0 Å². The van der Waals surface area contributed by atoms with E-state index >= 15 is 0 Å². The zero-order valence-corrected chi connectivity index (χ0v) is 12.5. The minimum atomic E-state index is 0.687. The number of nitrogens with one attached hydrogen (secondary N) is 2. The molecule has 1 unspecified atom stereocenters. The Kier molecular flexibility index (Phi) is 3.65. The maximum absolute atomic E-state index is 4.40.